The molecule has 1 aliphatic carbocycles. The highest BCUT2D eigenvalue weighted by Crippen LogP contribution is 2.31. The van der Waals surface area contributed by atoms with Crippen LogP contribution in [0.2, 0.25) is 0 Å². The quantitative estimate of drug-likeness (QED) is 0.449. The third-order valence-electron chi connectivity index (χ3n) is 2.17. The number of alkyl halides is 3. The second-order valence-electron chi connectivity index (χ2n) is 3.53. The first-order chi connectivity index (χ1) is 7.36. The summed E-state index contributed by atoms with van der Waals surface area (Å²) in [4.78, 5) is 10.7. The van der Waals surface area contributed by atoms with E-state index in [1.165, 1.54) is 0 Å². The number of allylic oxidation sites excluding steroid dienone is 2. The number of hydrogen-bond acceptors (Lipinski definition) is 3. The van der Waals surface area contributed by atoms with Crippen molar-refractivity contribution < 1.29 is 18.0 Å². The van der Waals surface area contributed by atoms with Crippen molar-refractivity contribution in [3.05, 3.63) is 11.3 Å². The average molecular weight is 255 g/mol. The fourth-order valence-corrected chi connectivity index (χ4v) is 1.29. The minimum absolute atomic E-state index is 0.149. The standard InChI is InChI=1S/C9H10ClF3N2O/c10-8(16)6(3-14)7(9(11,12)13)15-4-5-1-2-5/h3,5,14-15H,1-2,4H2/b7-6+,14-3?. The lowest BCUT2D eigenvalue weighted by molar-refractivity contribution is -0.111. The van der Waals surface area contributed by atoms with Crippen LogP contribution in [0.15, 0.2) is 11.3 Å². The molecule has 0 aromatic heterocycles. The molecule has 0 aromatic rings. The van der Waals surface area contributed by atoms with Crippen molar-refractivity contribution in [1.29, 1.82) is 5.41 Å². The Morgan fingerprint density at radius 3 is 2.38 bits per heavy atom. The maximum Gasteiger partial charge on any atom is 0.431 e. The van der Waals surface area contributed by atoms with Crippen LogP contribution in [0.4, 0.5) is 13.2 Å². The van der Waals surface area contributed by atoms with Gasteiger partial charge in [-0.05, 0) is 30.4 Å². The van der Waals surface area contributed by atoms with E-state index < -0.39 is 22.7 Å². The van der Waals surface area contributed by atoms with Gasteiger partial charge in [0.05, 0.1) is 5.57 Å². The minimum atomic E-state index is -4.70. The number of carbonyl (C=O) groups excluding carboxylic acids is 1. The van der Waals surface area contributed by atoms with E-state index in [2.05, 4.69) is 5.32 Å². The Morgan fingerprint density at radius 1 is 1.50 bits per heavy atom. The molecule has 16 heavy (non-hydrogen) atoms. The van der Waals surface area contributed by atoms with Gasteiger partial charge in [-0.15, -0.1) is 0 Å². The third kappa shape index (κ3) is 3.52. The zero-order valence-corrected chi connectivity index (χ0v) is 8.95. The van der Waals surface area contributed by atoms with Crippen molar-refractivity contribution in [1.82, 2.24) is 5.32 Å². The van der Waals surface area contributed by atoms with E-state index in [0.29, 0.717) is 6.21 Å². The van der Waals surface area contributed by atoms with Crippen molar-refractivity contribution >= 4 is 23.1 Å². The van der Waals surface area contributed by atoms with Gasteiger partial charge < -0.3 is 10.7 Å². The van der Waals surface area contributed by atoms with E-state index in [0.717, 1.165) is 12.8 Å². The topological polar surface area (TPSA) is 53.0 Å². The molecule has 90 valence electrons. The number of nitrogens with one attached hydrogen (secondary N) is 2. The lowest BCUT2D eigenvalue weighted by Crippen LogP contribution is -2.31. The monoisotopic (exact) mass is 254 g/mol. The van der Waals surface area contributed by atoms with E-state index >= 15 is 0 Å². The molecule has 0 radical (unpaired) electrons. The fraction of sp³-hybridized carbons (Fsp3) is 0.556. The van der Waals surface area contributed by atoms with E-state index in [9.17, 15) is 18.0 Å². The molecule has 0 atom stereocenters. The molecule has 0 aliphatic heterocycles. The van der Waals surface area contributed by atoms with E-state index in [1.54, 1.807) is 0 Å². The SMILES string of the molecule is N=C/C(C(=O)Cl)=C(\NCC1CC1)C(F)(F)F. The Bertz CT molecular complexity index is 334. The molecule has 0 aromatic carbocycles. The molecule has 3 nitrogen and oxygen atoms in total. The molecular formula is C9H10ClF3N2O. The smallest absolute Gasteiger partial charge is 0.380 e. The summed E-state index contributed by atoms with van der Waals surface area (Å²) in [7, 11) is 0. The molecular weight excluding hydrogens is 245 g/mol. The Morgan fingerprint density at radius 2 is 2.06 bits per heavy atom. The Balaban J connectivity index is 2.90. The summed E-state index contributed by atoms with van der Waals surface area (Å²) >= 11 is 4.99. The van der Waals surface area contributed by atoms with Gasteiger partial charge in [0.1, 0.15) is 5.70 Å². The lowest BCUT2D eigenvalue weighted by Gasteiger charge is -2.15. The first kappa shape index (κ1) is 13.0. The molecule has 7 heteroatoms. The Labute approximate surface area is 95.2 Å². The van der Waals surface area contributed by atoms with Crippen LogP contribution in [-0.4, -0.2) is 24.2 Å². The molecule has 1 rings (SSSR count). The highest BCUT2D eigenvalue weighted by atomic mass is 35.5. The number of rotatable bonds is 5. The maximum atomic E-state index is 12.6. The molecule has 0 amide bonds. The van der Waals surface area contributed by atoms with Crippen molar-refractivity contribution in [3.63, 3.8) is 0 Å². The molecule has 0 bridgehead atoms. The molecule has 0 spiro atoms. The summed E-state index contributed by atoms with van der Waals surface area (Å²) in [6, 6.07) is 0. The van der Waals surface area contributed by atoms with Crippen LogP contribution in [0.5, 0.6) is 0 Å². The predicted molar refractivity (Wildman–Crippen MR) is 53.5 cm³/mol. The van der Waals surface area contributed by atoms with Crippen LogP contribution in [-0.2, 0) is 4.79 Å². The number of hydrogen-bond donors (Lipinski definition) is 2. The summed E-state index contributed by atoms with van der Waals surface area (Å²) in [5.41, 5.74) is -2.08. The average Bonchev–Trinajstić information content (AvgIpc) is 2.92. The summed E-state index contributed by atoms with van der Waals surface area (Å²) in [6.45, 7) is 0.149. The predicted octanol–water partition coefficient (Wildman–Crippen LogP) is 2.22. The largest absolute Gasteiger partial charge is 0.431 e. The van der Waals surface area contributed by atoms with Crippen molar-refractivity contribution in [2.45, 2.75) is 19.0 Å². The summed E-state index contributed by atoms with van der Waals surface area (Å²) < 4.78 is 37.7. The third-order valence-corrected chi connectivity index (χ3v) is 2.38. The van der Waals surface area contributed by atoms with Crippen LogP contribution < -0.4 is 5.32 Å². The van der Waals surface area contributed by atoms with Crippen molar-refractivity contribution in [3.8, 4) is 0 Å². The molecule has 0 unspecified atom stereocenters. The normalized spacial score (nSPS) is 17.8. The summed E-state index contributed by atoms with van der Waals surface area (Å²) in [6.07, 6.45) is -2.62. The summed E-state index contributed by atoms with van der Waals surface area (Å²) in [5.74, 6) is 0.217. The van der Waals surface area contributed by atoms with Gasteiger partial charge in [0.2, 0.25) is 0 Å². The van der Waals surface area contributed by atoms with Gasteiger partial charge in [0.25, 0.3) is 5.24 Å². The Hall–Kier alpha value is -1.04. The molecule has 1 fully saturated rings. The van der Waals surface area contributed by atoms with Gasteiger partial charge >= 0.3 is 6.18 Å². The van der Waals surface area contributed by atoms with Crippen molar-refractivity contribution in [2.75, 3.05) is 6.54 Å². The Kier molecular flexibility index (Phi) is 3.96. The van der Waals surface area contributed by atoms with Gasteiger partial charge in [0, 0.05) is 12.8 Å². The first-order valence-electron chi connectivity index (χ1n) is 4.62. The highest BCUT2D eigenvalue weighted by molar-refractivity contribution is 6.70. The zero-order valence-electron chi connectivity index (χ0n) is 8.20. The van der Waals surface area contributed by atoms with Gasteiger partial charge in [-0.1, -0.05) is 0 Å². The van der Waals surface area contributed by atoms with Gasteiger partial charge in [-0.2, -0.15) is 13.2 Å². The van der Waals surface area contributed by atoms with E-state index in [-0.39, 0.29) is 12.5 Å². The van der Waals surface area contributed by atoms with Crippen LogP contribution in [0.3, 0.4) is 0 Å². The fourth-order valence-electron chi connectivity index (χ4n) is 1.14. The molecule has 0 saturated heterocycles. The van der Waals surface area contributed by atoms with E-state index in [1.807, 2.05) is 0 Å². The van der Waals surface area contributed by atoms with Crippen LogP contribution in [0.25, 0.3) is 0 Å². The molecule has 1 aliphatic rings. The lowest BCUT2D eigenvalue weighted by atomic mass is 10.2. The number of carbonyl (C=O) groups is 1. The maximum absolute atomic E-state index is 12.6. The summed E-state index contributed by atoms with van der Waals surface area (Å²) in [5, 5.41) is 7.64. The molecule has 2 N–H and O–H groups in total. The van der Waals surface area contributed by atoms with E-state index in [4.69, 9.17) is 17.0 Å². The minimum Gasteiger partial charge on any atom is -0.380 e. The molecule has 1 saturated carbocycles. The second kappa shape index (κ2) is 4.86. The second-order valence-corrected chi connectivity index (χ2v) is 3.87. The zero-order chi connectivity index (χ0) is 12.3. The first-order valence-corrected chi connectivity index (χ1v) is 4.99. The van der Waals surface area contributed by atoms with Crippen LogP contribution >= 0.6 is 11.6 Å². The van der Waals surface area contributed by atoms with Gasteiger partial charge in [0.15, 0.2) is 0 Å². The van der Waals surface area contributed by atoms with Crippen molar-refractivity contribution in [2.24, 2.45) is 5.92 Å². The highest BCUT2D eigenvalue weighted by Gasteiger charge is 2.38. The van der Waals surface area contributed by atoms with Crippen LogP contribution in [0.1, 0.15) is 12.8 Å². The molecule has 0 heterocycles. The van der Waals surface area contributed by atoms with Gasteiger partial charge in [-0.3, -0.25) is 4.79 Å². The van der Waals surface area contributed by atoms with Gasteiger partial charge in [-0.25, -0.2) is 0 Å². The van der Waals surface area contributed by atoms with Crippen LogP contribution in [0, 0.1) is 11.3 Å². The number of halogens is 4.